The fourth-order valence-corrected chi connectivity index (χ4v) is 12.8. The Hall–Kier alpha value is -5.06. The molecule has 4 aliphatic rings. The molecule has 20 heteroatoms. The number of hydrogen-bond acceptors (Lipinski definition) is 12. The summed E-state index contributed by atoms with van der Waals surface area (Å²) in [5.41, 5.74) is 3.85. The highest BCUT2D eigenvalue weighted by molar-refractivity contribution is 5.91. The molecular formula is C65H100F2N8O10. The lowest BCUT2D eigenvalue weighted by Crippen LogP contribution is -2.56. The van der Waals surface area contributed by atoms with E-state index in [-0.39, 0.29) is 71.3 Å². The minimum Gasteiger partial charge on any atom is -0.382 e. The van der Waals surface area contributed by atoms with Gasteiger partial charge in [0, 0.05) is 75.6 Å². The number of amides is 4. The molecule has 18 nitrogen and oxygen atoms in total. The average molecular weight is 1190 g/mol. The maximum atomic E-state index is 14.3. The fourth-order valence-electron chi connectivity index (χ4n) is 12.8. The maximum absolute atomic E-state index is 14.3. The van der Waals surface area contributed by atoms with Gasteiger partial charge in [-0.15, -0.1) is 0 Å². The Morgan fingerprint density at radius 2 is 0.953 bits per heavy atom. The minimum atomic E-state index is -0.500. The number of nitrogens with zero attached hydrogens (tertiary/aromatic N) is 5. The van der Waals surface area contributed by atoms with Crippen molar-refractivity contribution in [3.63, 3.8) is 0 Å². The van der Waals surface area contributed by atoms with Crippen LogP contribution >= 0.6 is 0 Å². The molecule has 474 valence electrons. The molecule has 0 unspecified atom stereocenters. The van der Waals surface area contributed by atoms with Gasteiger partial charge in [0.1, 0.15) is 23.7 Å². The van der Waals surface area contributed by atoms with Gasteiger partial charge in [-0.05, 0) is 159 Å². The number of aromatic nitrogens is 2. The van der Waals surface area contributed by atoms with Crippen molar-refractivity contribution in [3.8, 4) is 0 Å². The largest absolute Gasteiger partial charge is 0.382 e. The molecule has 2 aromatic heterocycles. The molecule has 4 amide bonds. The van der Waals surface area contributed by atoms with Crippen molar-refractivity contribution < 1.29 is 56.4 Å². The normalized spacial score (nSPS) is 19.3. The van der Waals surface area contributed by atoms with E-state index in [0.717, 1.165) is 110 Å². The summed E-state index contributed by atoms with van der Waals surface area (Å²) in [5.74, 6) is -0.375. The summed E-state index contributed by atoms with van der Waals surface area (Å²) < 4.78 is 65.1. The maximum Gasteiger partial charge on any atom is 0.245 e. The lowest BCUT2D eigenvalue weighted by atomic mass is 9.83. The number of likely N-dealkylation sites (N-methyl/N-ethyl adjacent to an activating group) is 2. The summed E-state index contributed by atoms with van der Waals surface area (Å²) in [7, 11) is 8.80. The van der Waals surface area contributed by atoms with Crippen molar-refractivity contribution in [2.45, 2.75) is 166 Å². The number of hydrogen-bond donors (Lipinski definition) is 3. The number of halogens is 2. The summed E-state index contributed by atoms with van der Waals surface area (Å²) in [5, 5.41) is 11.3. The van der Waals surface area contributed by atoms with Gasteiger partial charge in [0.25, 0.3) is 0 Å². The van der Waals surface area contributed by atoms with E-state index < -0.39 is 12.1 Å². The first kappa shape index (κ1) is 67.4. The van der Waals surface area contributed by atoms with Crippen molar-refractivity contribution in [2.75, 3.05) is 115 Å². The van der Waals surface area contributed by atoms with Crippen molar-refractivity contribution in [1.29, 1.82) is 0 Å². The van der Waals surface area contributed by atoms with Crippen LogP contribution in [-0.2, 0) is 73.5 Å². The Morgan fingerprint density at radius 1 is 0.553 bits per heavy atom. The summed E-state index contributed by atoms with van der Waals surface area (Å²) in [6.45, 7) is 11.4. The molecule has 2 aliphatic carbocycles. The van der Waals surface area contributed by atoms with E-state index in [2.05, 4.69) is 28.3 Å². The zero-order valence-electron chi connectivity index (χ0n) is 52.0. The third-order valence-electron chi connectivity index (χ3n) is 18.0. The quantitative estimate of drug-likeness (QED) is 0.0407. The third-order valence-corrected chi connectivity index (χ3v) is 18.0. The Kier molecular flexibility index (Phi) is 27.8. The molecule has 85 heavy (non-hydrogen) atoms. The second-order valence-corrected chi connectivity index (χ2v) is 23.9. The number of likely N-dealkylation sites (tertiary alicyclic amines) is 2. The number of rotatable bonds is 32. The average Bonchev–Trinajstić information content (AvgIpc) is 3.06. The van der Waals surface area contributed by atoms with Gasteiger partial charge in [0.2, 0.25) is 23.6 Å². The van der Waals surface area contributed by atoms with E-state index in [4.69, 9.17) is 28.4 Å². The van der Waals surface area contributed by atoms with E-state index in [1.807, 2.05) is 63.9 Å². The third kappa shape index (κ3) is 19.5. The molecule has 4 fully saturated rings. The number of methoxy groups -OCH3 is 2. The van der Waals surface area contributed by atoms with E-state index in [1.165, 1.54) is 25.0 Å². The molecular weight excluding hydrogens is 1090 g/mol. The molecule has 3 N–H and O–H groups in total. The van der Waals surface area contributed by atoms with Gasteiger partial charge < -0.3 is 63.3 Å². The van der Waals surface area contributed by atoms with Gasteiger partial charge in [0.15, 0.2) is 0 Å². The number of nitrogens with one attached hydrogen (secondary N) is 3. The topological polar surface area (TPSA) is 179 Å². The second-order valence-electron chi connectivity index (χ2n) is 23.9. The SMILES string of the molecule is CN[C@@H](C)C(=O)N[C@H](C(=O)N1CCC[C@H]1Cc1cn(CCOCCOCCOC)c2cc(F)ccc12)C1CCCCC1.COCCOCCOCCn1cc(C[C@@H]2CCCN2C(=O)[C@@H](NC(=O)[C@H](C)N(C)C)C2CCCCC2)c2ccc(F)cc21. The van der Waals surface area contributed by atoms with Crippen LogP contribution in [0.25, 0.3) is 21.8 Å². The number of carbonyl (C=O) groups is 4. The predicted octanol–water partition coefficient (Wildman–Crippen LogP) is 7.68. The molecule has 2 saturated carbocycles. The Bertz CT molecular complexity index is 2690. The highest BCUT2D eigenvalue weighted by Gasteiger charge is 2.41. The van der Waals surface area contributed by atoms with Crippen molar-refractivity contribution in [3.05, 3.63) is 71.6 Å². The molecule has 8 rings (SSSR count). The molecule has 0 bridgehead atoms. The van der Waals surface area contributed by atoms with Gasteiger partial charge in [-0.2, -0.15) is 0 Å². The van der Waals surface area contributed by atoms with Crippen LogP contribution in [0.5, 0.6) is 0 Å². The zero-order chi connectivity index (χ0) is 60.7. The molecule has 0 radical (unpaired) electrons. The summed E-state index contributed by atoms with van der Waals surface area (Å²) in [6.07, 6.45) is 19.8. The van der Waals surface area contributed by atoms with Crippen LogP contribution in [0, 0.1) is 23.5 Å². The highest BCUT2D eigenvalue weighted by atomic mass is 19.1. The van der Waals surface area contributed by atoms with Gasteiger partial charge >= 0.3 is 0 Å². The number of fused-ring (bicyclic) bond motifs is 2. The van der Waals surface area contributed by atoms with Gasteiger partial charge in [-0.1, -0.05) is 38.5 Å². The first-order valence-electron chi connectivity index (χ1n) is 31.6. The van der Waals surface area contributed by atoms with E-state index in [9.17, 15) is 28.0 Å². The summed E-state index contributed by atoms with van der Waals surface area (Å²) in [4.78, 5) is 60.2. The van der Waals surface area contributed by atoms with Crippen LogP contribution in [0.15, 0.2) is 48.8 Å². The van der Waals surface area contributed by atoms with E-state index in [1.54, 1.807) is 33.4 Å². The molecule has 0 spiro atoms. The standard InChI is InChI=1S/C33H51FN4O5.C32H49FN4O5/c1-24(36(2)3)32(39)35-31(25-9-6-5-7-10-25)33(40)38-14-8-11-28(38)21-26-23-37(30-22-27(34)12-13-29(26)30)15-16-42-19-20-43-18-17-41-4;1-23(34-2)31(38)35-30(24-8-5-4-6-9-24)32(39)37-13-7-10-27(37)20-25-22-36(29-21-26(33)11-12-28(25)29)14-15-41-18-19-42-17-16-40-3/h12-13,22-25,28,31H,5-11,14-21H2,1-4H3,(H,35,39);11-12,21-24,27,30,34H,4-10,13-20H2,1-3H3,(H,35,38)/t24-,28-,31-;23-,27-,30-/m00/s1. The molecule has 2 saturated heterocycles. The number of carbonyl (C=O) groups excluding carboxylic acids is 4. The Balaban J connectivity index is 0.000000244. The van der Waals surface area contributed by atoms with Gasteiger partial charge in [0.05, 0.1) is 89.2 Å². The fraction of sp³-hybridized carbons (Fsp3) is 0.692. The van der Waals surface area contributed by atoms with Crippen LogP contribution < -0.4 is 16.0 Å². The Labute approximate surface area is 503 Å². The molecule has 4 heterocycles. The van der Waals surface area contributed by atoms with Crippen molar-refractivity contribution in [2.24, 2.45) is 11.8 Å². The molecule has 2 aliphatic heterocycles. The van der Waals surface area contributed by atoms with Gasteiger partial charge in [-0.25, -0.2) is 8.78 Å². The number of ether oxygens (including phenoxy) is 6. The summed E-state index contributed by atoms with van der Waals surface area (Å²) in [6, 6.07) is 8.22. The van der Waals surface area contributed by atoms with E-state index >= 15 is 0 Å². The van der Waals surface area contributed by atoms with Crippen LogP contribution in [0.3, 0.4) is 0 Å². The number of benzene rings is 2. The van der Waals surface area contributed by atoms with Crippen molar-refractivity contribution in [1.82, 2.24) is 39.8 Å². The lowest BCUT2D eigenvalue weighted by Gasteiger charge is -2.36. The van der Waals surface area contributed by atoms with Crippen molar-refractivity contribution >= 4 is 45.4 Å². The zero-order valence-corrected chi connectivity index (χ0v) is 52.0. The summed E-state index contributed by atoms with van der Waals surface area (Å²) >= 11 is 0. The van der Waals surface area contributed by atoms with E-state index in [0.29, 0.717) is 105 Å². The van der Waals surface area contributed by atoms with Crippen LogP contribution in [0.1, 0.15) is 115 Å². The van der Waals surface area contributed by atoms with Crippen LogP contribution in [0.4, 0.5) is 8.78 Å². The molecule has 6 atom stereocenters. The van der Waals surface area contributed by atoms with Crippen LogP contribution in [0.2, 0.25) is 0 Å². The van der Waals surface area contributed by atoms with Crippen LogP contribution in [-0.4, -0.2) is 198 Å². The first-order chi connectivity index (χ1) is 41.2. The predicted molar refractivity (Wildman–Crippen MR) is 326 cm³/mol. The van der Waals surface area contributed by atoms with Gasteiger partial charge in [-0.3, -0.25) is 24.1 Å². The smallest absolute Gasteiger partial charge is 0.245 e. The lowest BCUT2D eigenvalue weighted by molar-refractivity contribution is -0.140. The monoisotopic (exact) mass is 1190 g/mol. The Morgan fingerprint density at radius 3 is 1.35 bits per heavy atom. The first-order valence-corrected chi connectivity index (χ1v) is 31.6. The molecule has 2 aromatic carbocycles. The molecule has 4 aromatic rings. The second kappa shape index (κ2) is 35.1. The minimum absolute atomic E-state index is 0.0337. The highest BCUT2D eigenvalue weighted by Crippen LogP contribution is 2.34.